The highest BCUT2D eigenvalue weighted by atomic mass is 32.1. The van der Waals surface area contributed by atoms with Gasteiger partial charge >= 0.3 is 0 Å². The van der Waals surface area contributed by atoms with Gasteiger partial charge in [-0.05, 0) is 80.6 Å². The summed E-state index contributed by atoms with van der Waals surface area (Å²) in [6, 6.07) is 68.1. The number of hydrogen-bond donors (Lipinski definition) is 0. The van der Waals surface area contributed by atoms with Crippen molar-refractivity contribution in [1.82, 2.24) is 0 Å². The Morgan fingerprint density at radius 3 is 1.62 bits per heavy atom. The van der Waals surface area contributed by atoms with E-state index in [-0.39, 0.29) is 0 Å². The molecule has 2 heteroatoms. The van der Waals surface area contributed by atoms with Gasteiger partial charge in [-0.15, -0.1) is 11.3 Å². The number of thiophene rings is 1. The van der Waals surface area contributed by atoms with Gasteiger partial charge in [0, 0.05) is 26.8 Å². The topological polar surface area (TPSA) is 3.24 Å². The minimum absolute atomic E-state index is 1.13. The van der Waals surface area contributed by atoms with Crippen LogP contribution in [0, 0.1) is 0 Å². The maximum absolute atomic E-state index is 2.41. The molecule has 8 aromatic carbocycles. The van der Waals surface area contributed by atoms with Crippen LogP contribution in [-0.2, 0) is 0 Å². The summed E-state index contributed by atoms with van der Waals surface area (Å²) in [4.78, 5) is 2.41. The molecule has 1 nitrogen and oxygen atoms in total. The first kappa shape index (κ1) is 28.3. The fourth-order valence-electron chi connectivity index (χ4n) is 6.90. The van der Waals surface area contributed by atoms with Gasteiger partial charge in [0.1, 0.15) is 0 Å². The van der Waals surface area contributed by atoms with Crippen molar-refractivity contribution >= 4 is 59.3 Å². The average Bonchev–Trinajstić information content (AvgIpc) is 3.55. The van der Waals surface area contributed by atoms with Gasteiger partial charge in [0.05, 0.1) is 10.4 Å². The largest absolute Gasteiger partial charge is 0.309 e. The molecule has 0 bridgehead atoms. The van der Waals surface area contributed by atoms with Crippen LogP contribution in [0.3, 0.4) is 0 Å². The lowest BCUT2D eigenvalue weighted by molar-refractivity contribution is 1.30. The van der Waals surface area contributed by atoms with Crippen molar-refractivity contribution in [3.05, 3.63) is 188 Å². The molecule has 1 heterocycles. The van der Waals surface area contributed by atoms with Crippen LogP contribution < -0.4 is 4.90 Å². The van der Waals surface area contributed by atoms with Crippen LogP contribution in [0.2, 0.25) is 0 Å². The minimum atomic E-state index is 1.13. The molecule has 0 atom stereocenters. The van der Waals surface area contributed by atoms with Gasteiger partial charge in [-0.25, -0.2) is 0 Å². The summed E-state index contributed by atoms with van der Waals surface area (Å²) in [6.45, 7) is 0. The third kappa shape index (κ3) is 5.04. The van der Waals surface area contributed by atoms with E-state index in [0.717, 1.165) is 11.4 Å². The highest BCUT2D eigenvalue weighted by Crippen LogP contribution is 2.46. The van der Waals surface area contributed by atoms with E-state index in [2.05, 4.69) is 193 Å². The molecular weight excluding hydrogens is 599 g/mol. The van der Waals surface area contributed by atoms with Crippen molar-refractivity contribution in [2.45, 2.75) is 0 Å². The highest BCUT2D eigenvalue weighted by Gasteiger charge is 2.19. The van der Waals surface area contributed by atoms with E-state index < -0.39 is 0 Å². The van der Waals surface area contributed by atoms with Gasteiger partial charge in [0.2, 0.25) is 0 Å². The minimum Gasteiger partial charge on any atom is -0.309 e. The standard InChI is InChI=1S/C46H31NS/c1-3-11-32(12-4-1)34-21-26-38(27-22-34)47(39-28-23-36(24-29-39)41-18-9-16-35-15-7-8-17-40(35)41)44-20-10-19-43-42-30-25-37(31-45(42)48-46(43)44)33-13-5-2-6-14-33/h1-31H. The molecule has 48 heavy (non-hydrogen) atoms. The second-order valence-corrected chi connectivity index (χ2v) is 13.2. The van der Waals surface area contributed by atoms with E-state index in [0.29, 0.717) is 0 Å². The zero-order valence-corrected chi connectivity index (χ0v) is 27.1. The number of benzene rings is 8. The summed E-state index contributed by atoms with van der Waals surface area (Å²) in [6.07, 6.45) is 0. The van der Waals surface area contributed by atoms with Crippen molar-refractivity contribution < 1.29 is 0 Å². The van der Waals surface area contributed by atoms with Gasteiger partial charge in [0.25, 0.3) is 0 Å². The summed E-state index contributed by atoms with van der Waals surface area (Å²) in [5, 5.41) is 5.10. The van der Waals surface area contributed by atoms with Crippen LogP contribution in [0.25, 0.3) is 64.3 Å². The molecule has 0 amide bonds. The van der Waals surface area contributed by atoms with E-state index in [9.17, 15) is 0 Å². The number of rotatable bonds is 6. The van der Waals surface area contributed by atoms with Crippen LogP contribution >= 0.6 is 11.3 Å². The Morgan fingerprint density at radius 2 is 0.896 bits per heavy atom. The SMILES string of the molecule is c1ccc(-c2ccc(N(c3ccc(-c4cccc5ccccc45)cc3)c3cccc4c3sc3cc(-c5ccccc5)ccc34)cc2)cc1. The molecule has 0 aliphatic heterocycles. The van der Waals surface area contributed by atoms with Crippen molar-refractivity contribution in [3.63, 3.8) is 0 Å². The molecule has 9 aromatic rings. The Labute approximate surface area is 284 Å². The van der Waals surface area contributed by atoms with Crippen LogP contribution in [0.1, 0.15) is 0 Å². The Bertz CT molecular complexity index is 2530. The molecule has 0 saturated heterocycles. The Kier molecular flexibility index (Phi) is 7.07. The summed E-state index contributed by atoms with van der Waals surface area (Å²) in [5.41, 5.74) is 10.8. The molecule has 9 rings (SSSR count). The number of nitrogens with zero attached hydrogens (tertiary/aromatic N) is 1. The van der Waals surface area contributed by atoms with Crippen molar-refractivity contribution in [2.24, 2.45) is 0 Å². The maximum Gasteiger partial charge on any atom is 0.0640 e. The zero-order valence-electron chi connectivity index (χ0n) is 26.3. The van der Waals surface area contributed by atoms with Gasteiger partial charge < -0.3 is 4.90 Å². The molecule has 226 valence electrons. The van der Waals surface area contributed by atoms with E-state index in [4.69, 9.17) is 0 Å². The summed E-state index contributed by atoms with van der Waals surface area (Å²) in [5.74, 6) is 0. The number of hydrogen-bond acceptors (Lipinski definition) is 2. The van der Waals surface area contributed by atoms with Gasteiger partial charge in [-0.2, -0.15) is 0 Å². The molecule has 0 spiro atoms. The van der Waals surface area contributed by atoms with E-state index >= 15 is 0 Å². The second kappa shape index (κ2) is 12.0. The second-order valence-electron chi connectivity index (χ2n) is 12.2. The molecule has 0 saturated carbocycles. The molecular formula is C46H31NS. The summed E-state index contributed by atoms with van der Waals surface area (Å²) in [7, 11) is 0. The predicted molar refractivity (Wildman–Crippen MR) is 208 cm³/mol. The first-order valence-corrected chi connectivity index (χ1v) is 17.2. The fourth-order valence-corrected chi connectivity index (χ4v) is 8.14. The predicted octanol–water partition coefficient (Wildman–Crippen LogP) is 13.7. The van der Waals surface area contributed by atoms with Crippen LogP contribution in [0.4, 0.5) is 17.1 Å². The zero-order chi connectivity index (χ0) is 31.9. The Hall–Kier alpha value is -5.96. The lowest BCUT2D eigenvalue weighted by Crippen LogP contribution is -2.10. The quantitative estimate of drug-likeness (QED) is 0.177. The van der Waals surface area contributed by atoms with Crippen molar-refractivity contribution in [3.8, 4) is 33.4 Å². The normalized spacial score (nSPS) is 11.3. The molecule has 0 N–H and O–H groups in total. The molecule has 0 radical (unpaired) electrons. The van der Waals surface area contributed by atoms with E-state index in [1.165, 1.54) is 70.0 Å². The Morgan fingerprint density at radius 1 is 0.354 bits per heavy atom. The first-order chi connectivity index (χ1) is 23.8. The fraction of sp³-hybridized carbons (Fsp3) is 0. The molecule has 0 unspecified atom stereocenters. The summed E-state index contributed by atoms with van der Waals surface area (Å²) >= 11 is 1.87. The number of anilines is 3. The van der Waals surface area contributed by atoms with E-state index in [1.54, 1.807) is 0 Å². The lowest BCUT2D eigenvalue weighted by Gasteiger charge is -2.26. The van der Waals surface area contributed by atoms with Crippen LogP contribution in [0.15, 0.2) is 188 Å². The van der Waals surface area contributed by atoms with Crippen LogP contribution in [0.5, 0.6) is 0 Å². The molecule has 0 aliphatic rings. The van der Waals surface area contributed by atoms with Gasteiger partial charge in [-0.1, -0.05) is 152 Å². The third-order valence-electron chi connectivity index (χ3n) is 9.28. The van der Waals surface area contributed by atoms with E-state index in [1.807, 2.05) is 11.3 Å². The molecule has 1 aromatic heterocycles. The maximum atomic E-state index is 2.41. The third-order valence-corrected chi connectivity index (χ3v) is 10.5. The smallest absolute Gasteiger partial charge is 0.0640 e. The number of fused-ring (bicyclic) bond motifs is 4. The summed E-state index contributed by atoms with van der Waals surface area (Å²) < 4.78 is 2.58. The molecule has 0 aliphatic carbocycles. The molecule has 0 fully saturated rings. The van der Waals surface area contributed by atoms with Gasteiger partial charge in [-0.3, -0.25) is 0 Å². The lowest BCUT2D eigenvalue weighted by atomic mass is 9.98. The monoisotopic (exact) mass is 629 g/mol. The Balaban J connectivity index is 1.19. The van der Waals surface area contributed by atoms with Crippen molar-refractivity contribution in [1.29, 1.82) is 0 Å². The highest BCUT2D eigenvalue weighted by molar-refractivity contribution is 7.26. The van der Waals surface area contributed by atoms with Crippen LogP contribution in [-0.4, -0.2) is 0 Å². The average molecular weight is 630 g/mol. The first-order valence-electron chi connectivity index (χ1n) is 16.3. The van der Waals surface area contributed by atoms with Crippen molar-refractivity contribution in [2.75, 3.05) is 4.90 Å². The van der Waals surface area contributed by atoms with Gasteiger partial charge in [0.15, 0.2) is 0 Å².